The number of thiazole rings is 1. The van der Waals surface area contributed by atoms with E-state index in [1.54, 1.807) is 0 Å². The molecule has 1 aromatic carbocycles. The molecule has 0 N–H and O–H groups in total. The number of benzene rings is 1. The Labute approximate surface area is 134 Å². The van der Waals surface area contributed by atoms with Gasteiger partial charge in [0.2, 0.25) is 0 Å². The summed E-state index contributed by atoms with van der Waals surface area (Å²) in [5.74, 6) is 0.856. The van der Waals surface area contributed by atoms with E-state index in [0.29, 0.717) is 5.69 Å². The lowest BCUT2D eigenvalue weighted by Crippen LogP contribution is -2.27. The third kappa shape index (κ3) is 3.14. The van der Waals surface area contributed by atoms with Crippen LogP contribution in [0.2, 0.25) is 0 Å². The van der Waals surface area contributed by atoms with Gasteiger partial charge in [0.25, 0.3) is 5.91 Å². The van der Waals surface area contributed by atoms with E-state index in [1.807, 2.05) is 48.4 Å². The predicted octanol–water partition coefficient (Wildman–Crippen LogP) is 3.83. The number of rotatable bonds is 4. The van der Waals surface area contributed by atoms with Gasteiger partial charge in [-0.1, -0.05) is 12.1 Å². The molecule has 2 heterocycles. The molecule has 5 heteroatoms. The van der Waals surface area contributed by atoms with Crippen LogP contribution in [0, 0.1) is 0 Å². The fourth-order valence-electron chi connectivity index (χ4n) is 2.58. The standard InChI is InChI=1S/C17H20N2O2S/c1-12(2)21-15-8-4-3-7-13(15)16-18-14(11-22-16)17(20)19-9-5-6-10-19/h3-4,7-8,11-12H,5-6,9-10H2,1-2H3. The van der Waals surface area contributed by atoms with Crippen molar-refractivity contribution in [2.75, 3.05) is 13.1 Å². The van der Waals surface area contributed by atoms with E-state index in [2.05, 4.69) is 4.98 Å². The molecule has 22 heavy (non-hydrogen) atoms. The highest BCUT2D eigenvalue weighted by Crippen LogP contribution is 2.33. The minimum absolute atomic E-state index is 0.0438. The number of carbonyl (C=O) groups excluding carboxylic acids is 1. The number of para-hydroxylation sites is 1. The van der Waals surface area contributed by atoms with Crippen molar-refractivity contribution in [1.29, 1.82) is 0 Å². The highest BCUT2D eigenvalue weighted by Gasteiger charge is 2.22. The lowest BCUT2D eigenvalue weighted by Gasteiger charge is -2.13. The van der Waals surface area contributed by atoms with Crippen LogP contribution in [-0.4, -0.2) is 35.0 Å². The average Bonchev–Trinajstić information content (AvgIpc) is 3.18. The number of hydrogen-bond donors (Lipinski definition) is 0. The van der Waals surface area contributed by atoms with Gasteiger partial charge in [-0.15, -0.1) is 11.3 Å². The third-order valence-corrected chi connectivity index (χ3v) is 4.47. The molecule has 4 nitrogen and oxygen atoms in total. The van der Waals surface area contributed by atoms with Crippen molar-refractivity contribution in [3.8, 4) is 16.3 Å². The molecule has 0 saturated carbocycles. The highest BCUT2D eigenvalue weighted by atomic mass is 32.1. The van der Waals surface area contributed by atoms with Crippen molar-refractivity contribution in [3.05, 3.63) is 35.3 Å². The first-order valence-corrected chi connectivity index (χ1v) is 8.54. The minimum Gasteiger partial charge on any atom is -0.490 e. The van der Waals surface area contributed by atoms with E-state index in [1.165, 1.54) is 11.3 Å². The number of ether oxygens (including phenoxy) is 1. The summed E-state index contributed by atoms with van der Waals surface area (Å²) < 4.78 is 5.84. The van der Waals surface area contributed by atoms with Crippen LogP contribution < -0.4 is 4.74 Å². The molecule has 1 saturated heterocycles. The molecule has 3 rings (SSSR count). The fourth-order valence-corrected chi connectivity index (χ4v) is 3.40. The Morgan fingerprint density at radius 2 is 2.00 bits per heavy atom. The van der Waals surface area contributed by atoms with E-state index >= 15 is 0 Å². The SMILES string of the molecule is CC(C)Oc1ccccc1-c1nc(C(=O)N2CCCC2)cs1. The molecule has 0 radical (unpaired) electrons. The largest absolute Gasteiger partial charge is 0.490 e. The zero-order chi connectivity index (χ0) is 15.5. The van der Waals surface area contributed by atoms with E-state index in [-0.39, 0.29) is 12.0 Å². The molecular weight excluding hydrogens is 296 g/mol. The van der Waals surface area contributed by atoms with Gasteiger partial charge in [0, 0.05) is 18.5 Å². The quantitative estimate of drug-likeness (QED) is 0.861. The zero-order valence-corrected chi connectivity index (χ0v) is 13.7. The van der Waals surface area contributed by atoms with E-state index in [4.69, 9.17) is 4.74 Å². The molecule has 2 aromatic rings. The van der Waals surface area contributed by atoms with Gasteiger partial charge in [-0.3, -0.25) is 4.79 Å². The first kappa shape index (κ1) is 15.0. The van der Waals surface area contributed by atoms with Crippen molar-refractivity contribution >= 4 is 17.2 Å². The first-order valence-electron chi connectivity index (χ1n) is 7.66. The predicted molar refractivity (Wildman–Crippen MR) is 88.5 cm³/mol. The van der Waals surface area contributed by atoms with Crippen molar-refractivity contribution < 1.29 is 9.53 Å². The van der Waals surface area contributed by atoms with E-state index in [0.717, 1.165) is 42.3 Å². The molecule has 1 amide bonds. The molecule has 0 atom stereocenters. The normalized spacial score (nSPS) is 14.6. The lowest BCUT2D eigenvalue weighted by atomic mass is 10.2. The van der Waals surface area contributed by atoms with E-state index in [9.17, 15) is 4.79 Å². The summed E-state index contributed by atoms with van der Waals surface area (Å²) in [6.45, 7) is 5.69. The second-order valence-electron chi connectivity index (χ2n) is 5.70. The Bertz CT molecular complexity index is 660. The molecule has 0 bridgehead atoms. The Hall–Kier alpha value is -1.88. The van der Waals surface area contributed by atoms with Crippen LogP contribution in [0.4, 0.5) is 0 Å². The maximum Gasteiger partial charge on any atom is 0.273 e. The average molecular weight is 316 g/mol. The van der Waals surface area contributed by atoms with Gasteiger partial charge in [-0.25, -0.2) is 4.98 Å². The number of hydrogen-bond acceptors (Lipinski definition) is 4. The van der Waals surface area contributed by atoms with Crippen molar-refractivity contribution in [1.82, 2.24) is 9.88 Å². The fraction of sp³-hybridized carbons (Fsp3) is 0.412. The lowest BCUT2D eigenvalue weighted by molar-refractivity contribution is 0.0788. The highest BCUT2D eigenvalue weighted by molar-refractivity contribution is 7.13. The number of nitrogens with zero attached hydrogens (tertiary/aromatic N) is 2. The molecule has 116 valence electrons. The van der Waals surface area contributed by atoms with Gasteiger partial charge >= 0.3 is 0 Å². The van der Waals surface area contributed by atoms with Crippen LogP contribution in [-0.2, 0) is 0 Å². The summed E-state index contributed by atoms with van der Waals surface area (Å²) in [7, 11) is 0. The van der Waals surface area contributed by atoms with Gasteiger partial charge in [0.1, 0.15) is 16.5 Å². The van der Waals surface area contributed by atoms with Crippen molar-refractivity contribution in [2.45, 2.75) is 32.8 Å². The van der Waals surface area contributed by atoms with Gasteiger partial charge in [-0.05, 0) is 38.8 Å². The summed E-state index contributed by atoms with van der Waals surface area (Å²) in [6.07, 6.45) is 2.29. The number of carbonyl (C=O) groups is 1. The summed E-state index contributed by atoms with van der Waals surface area (Å²) in [5.41, 5.74) is 1.49. The van der Waals surface area contributed by atoms with Crippen LogP contribution in [0.15, 0.2) is 29.6 Å². The van der Waals surface area contributed by atoms with Gasteiger partial charge in [0.05, 0.1) is 11.7 Å². The second-order valence-corrected chi connectivity index (χ2v) is 6.56. The topological polar surface area (TPSA) is 42.4 Å². The summed E-state index contributed by atoms with van der Waals surface area (Å²) in [6, 6.07) is 7.84. The second kappa shape index (κ2) is 6.48. The molecule has 1 fully saturated rings. The molecule has 1 aromatic heterocycles. The van der Waals surface area contributed by atoms with Gasteiger partial charge < -0.3 is 9.64 Å². The van der Waals surface area contributed by atoms with Gasteiger partial charge in [0.15, 0.2) is 0 Å². The Morgan fingerprint density at radius 3 is 2.73 bits per heavy atom. The Kier molecular flexibility index (Phi) is 4.43. The van der Waals surface area contributed by atoms with Crippen LogP contribution in [0.25, 0.3) is 10.6 Å². The Morgan fingerprint density at radius 1 is 1.27 bits per heavy atom. The van der Waals surface area contributed by atoms with Crippen molar-refractivity contribution in [2.24, 2.45) is 0 Å². The van der Waals surface area contributed by atoms with Crippen LogP contribution >= 0.6 is 11.3 Å². The summed E-state index contributed by atoms with van der Waals surface area (Å²) in [5, 5.41) is 2.68. The number of amides is 1. The van der Waals surface area contributed by atoms with E-state index < -0.39 is 0 Å². The maximum absolute atomic E-state index is 12.4. The first-order chi connectivity index (χ1) is 10.6. The molecule has 1 aliphatic heterocycles. The third-order valence-electron chi connectivity index (χ3n) is 3.60. The monoisotopic (exact) mass is 316 g/mol. The minimum atomic E-state index is 0.0438. The number of aromatic nitrogens is 1. The molecule has 1 aliphatic rings. The summed E-state index contributed by atoms with van der Waals surface area (Å²) in [4.78, 5) is 18.8. The molecule has 0 aliphatic carbocycles. The Balaban J connectivity index is 1.86. The molecule has 0 spiro atoms. The van der Waals surface area contributed by atoms with Crippen LogP contribution in [0.3, 0.4) is 0 Å². The molecular formula is C17H20N2O2S. The maximum atomic E-state index is 12.4. The smallest absolute Gasteiger partial charge is 0.273 e. The van der Waals surface area contributed by atoms with Crippen LogP contribution in [0.5, 0.6) is 5.75 Å². The van der Waals surface area contributed by atoms with Crippen LogP contribution in [0.1, 0.15) is 37.2 Å². The molecule has 0 unspecified atom stereocenters. The summed E-state index contributed by atoms with van der Waals surface area (Å²) >= 11 is 1.49. The van der Waals surface area contributed by atoms with Gasteiger partial charge in [-0.2, -0.15) is 0 Å². The zero-order valence-electron chi connectivity index (χ0n) is 12.9. The van der Waals surface area contributed by atoms with Crippen molar-refractivity contribution in [3.63, 3.8) is 0 Å². The number of likely N-dealkylation sites (tertiary alicyclic amines) is 1.